The van der Waals surface area contributed by atoms with Crippen LogP contribution in [0.4, 0.5) is 5.69 Å². The van der Waals surface area contributed by atoms with Crippen LogP contribution in [0.1, 0.15) is 12.0 Å². The summed E-state index contributed by atoms with van der Waals surface area (Å²) in [4.78, 5) is 28.1. The Bertz CT molecular complexity index is 1250. The number of hydrogen-bond donors (Lipinski definition) is 2. The largest absolute Gasteiger partial charge is 0.492 e. The van der Waals surface area contributed by atoms with Gasteiger partial charge in [0.2, 0.25) is 10.0 Å². The number of aldehydes is 1. The number of ether oxygens (including phenoxy) is 1. The van der Waals surface area contributed by atoms with Crippen molar-refractivity contribution in [2.45, 2.75) is 23.8 Å². The van der Waals surface area contributed by atoms with E-state index >= 15 is 0 Å². The monoisotopic (exact) mass is 471 g/mol. The molecule has 3 aromatic rings. The predicted octanol–water partition coefficient (Wildman–Crippen LogP) is 2.24. The van der Waals surface area contributed by atoms with E-state index < -0.39 is 28.5 Å². The molecule has 1 heterocycles. The molecular weight excluding hydrogens is 446 g/mol. The van der Waals surface area contributed by atoms with Crippen molar-refractivity contribution in [2.24, 2.45) is 0 Å². The molecule has 2 aromatic carbocycles. The van der Waals surface area contributed by atoms with E-state index in [0.717, 1.165) is 22.2 Å². The van der Waals surface area contributed by atoms with Gasteiger partial charge in [0.05, 0.1) is 24.6 Å². The Morgan fingerprint density at radius 3 is 2.70 bits per heavy atom. The molecule has 0 radical (unpaired) electrons. The molecule has 0 bridgehead atoms. The Morgan fingerprint density at radius 2 is 2.00 bits per heavy atom. The molecule has 0 fully saturated rings. The Kier molecular flexibility index (Phi) is 7.62. The zero-order chi connectivity index (χ0) is 24.0. The minimum absolute atomic E-state index is 0.104. The lowest BCUT2D eigenvalue weighted by atomic mass is 10.1. The van der Waals surface area contributed by atoms with Crippen LogP contribution in [0.15, 0.2) is 59.6 Å². The van der Waals surface area contributed by atoms with Gasteiger partial charge < -0.3 is 19.5 Å². The Morgan fingerprint density at radius 1 is 1.21 bits per heavy atom. The zero-order valence-corrected chi connectivity index (χ0v) is 19.1. The van der Waals surface area contributed by atoms with Crippen molar-refractivity contribution >= 4 is 38.9 Å². The van der Waals surface area contributed by atoms with E-state index in [2.05, 4.69) is 9.71 Å². The first-order valence-corrected chi connectivity index (χ1v) is 11.7. The standard InChI is InChI=1S/C23H25N3O6S/c1-26(2)18-8-9-22(33(30,31)25-17(15-27)13-23(28)29)21(14-18)32-12-10-16-5-3-7-20-19(16)6-4-11-24-20/h3-9,11,14-15,17,25H,10,12-13H2,1-2H3,(H,28,29)/t17-/m0/s1. The van der Waals surface area contributed by atoms with E-state index in [1.807, 2.05) is 44.4 Å². The lowest BCUT2D eigenvalue weighted by Crippen LogP contribution is -2.37. The Hall–Kier alpha value is -3.50. The Labute approximate surface area is 192 Å². The second kappa shape index (κ2) is 10.4. The first-order valence-electron chi connectivity index (χ1n) is 10.2. The number of carbonyl (C=O) groups is 2. The maximum atomic E-state index is 12.9. The average Bonchev–Trinajstić information content (AvgIpc) is 2.78. The number of carbonyl (C=O) groups excluding carboxylic acids is 1. The third kappa shape index (κ3) is 6.05. The summed E-state index contributed by atoms with van der Waals surface area (Å²) in [6.07, 6.45) is 1.83. The third-order valence-corrected chi connectivity index (χ3v) is 6.49. The van der Waals surface area contributed by atoms with Gasteiger partial charge in [0, 0.05) is 43.9 Å². The van der Waals surface area contributed by atoms with Crippen LogP contribution in [0.2, 0.25) is 0 Å². The van der Waals surface area contributed by atoms with Crippen molar-refractivity contribution in [1.29, 1.82) is 0 Å². The van der Waals surface area contributed by atoms with Gasteiger partial charge in [-0.05, 0) is 29.8 Å². The van der Waals surface area contributed by atoms with Gasteiger partial charge in [-0.15, -0.1) is 0 Å². The summed E-state index contributed by atoms with van der Waals surface area (Å²) in [6, 6.07) is 12.8. The average molecular weight is 472 g/mol. The summed E-state index contributed by atoms with van der Waals surface area (Å²) in [7, 11) is -0.599. The second-order valence-corrected chi connectivity index (χ2v) is 9.26. The van der Waals surface area contributed by atoms with Crippen LogP contribution in [0.25, 0.3) is 10.9 Å². The minimum atomic E-state index is -4.22. The summed E-state index contributed by atoms with van der Waals surface area (Å²) in [6.45, 7) is 0.194. The van der Waals surface area contributed by atoms with Crippen molar-refractivity contribution in [3.8, 4) is 5.75 Å². The van der Waals surface area contributed by atoms with Crippen LogP contribution in [0.5, 0.6) is 5.75 Å². The smallest absolute Gasteiger partial charge is 0.305 e. The summed E-state index contributed by atoms with van der Waals surface area (Å²) in [5.41, 5.74) is 2.58. The van der Waals surface area contributed by atoms with E-state index in [9.17, 15) is 18.0 Å². The highest BCUT2D eigenvalue weighted by molar-refractivity contribution is 7.89. The molecule has 0 unspecified atom stereocenters. The van der Waals surface area contributed by atoms with E-state index in [-0.39, 0.29) is 23.5 Å². The molecule has 0 amide bonds. The molecule has 10 heteroatoms. The van der Waals surface area contributed by atoms with Gasteiger partial charge in [0.25, 0.3) is 0 Å². The Balaban J connectivity index is 1.86. The molecule has 0 saturated carbocycles. The number of fused-ring (bicyclic) bond motifs is 1. The molecule has 3 rings (SSSR count). The van der Waals surface area contributed by atoms with Crippen molar-refractivity contribution < 1.29 is 27.9 Å². The number of anilines is 1. The van der Waals surface area contributed by atoms with E-state index in [1.54, 1.807) is 23.2 Å². The number of aliphatic carboxylic acids is 1. The van der Waals surface area contributed by atoms with Crippen molar-refractivity contribution in [1.82, 2.24) is 9.71 Å². The molecule has 33 heavy (non-hydrogen) atoms. The number of carboxylic acids is 1. The number of carboxylic acid groups (broad SMARTS) is 1. The molecule has 0 spiro atoms. The van der Waals surface area contributed by atoms with E-state index in [0.29, 0.717) is 6.42 Å². The summed E-state index contributed by atoms with van der Waals surface area (Å²) >= 11 is 0. The molecule has 0 aliphatic carbocycles. The molecule has 0 aliphatic heterocycles. The maximum Gasteiger partial charge on any atom is 0.305 e. The van der Waals surface area contributed by atoms with Gasteiger partial charge in [-0.3, -0.25) is 9.78 Å². The van der Waals surface area contributed by atoms with Crippen LogP contribution >= 0.6 is 0 Å². The van der Waals surface area contributed by atoms with Gasteiger partial charge in [-0.25, -0.2) is 13.1 Å². The molecular formula is C23H25N3O6S. The number of rotatable bonds is 11. The van der Waals surface area contributed by atoms with Gasteiger partial charge in [-0.2, -0.15) is 0 Å². The number of hydrogen-bond acceptors (Lipinski definition) is 7. The number of nitrogens with zero attached hydrogens (tertiary/aromatic N) is 2. The SMILES string of the molecule is CN(C)c1ccc(S(=O)(=O)N[C@H](C=O)CC(=O)O)c(OCCc2cccc3ncccc23)c1. The van der Waals surface area contributed by atoms with E-state index in [4.69, 9.17) is 9.84 Å². The number of aromatic nitrogens is 1. The van der Waals surface area contributed by atoms with Crippen LogP contribution in [-0.4, -0.2) is 57.5 Å². The molecule has 1 aromatic heterocycles. The maximum absolute atomic E-state index is 12.9. The lowest BCUT2D eigenvalue weighted by molar-refractivity contribution is -0.138. The molecule has 174 valence electrons. The van der Waals surface area contributed by atoms with Gasteiger partial charge in [0.15, 0.2) is 0 Å². The normalized spacial score (nSPS) is 12.3. The number of benzene rings is 2. The van der Waals surface area contributed by atoms with Crippen LogP contribution in [0.3, 0.4) is 0 Å². The van der Waals surface area contributed by atoms with Crippen LogP contribution in [0, 0.1) is 0 Å². The van der Waals surface area contributed by atoms with E-state index in [1.165, 1.54) is 6.07 Å². The first kappa shape index (κ1) is 24.1. The zero-order valence-electron chi connectivity index (χ0n) is 18.3. The fourth-order valence-corrected chi connectivity index (χ4v) is 4.63. The highest BCUT2D eigenvalue weighted by atomic mass is 32.2. The predicted molar refractivity (Wildman–Crippen MR) is 124 cm³/mol. The highest BCUT2D eigenvalue weighted by Gasteiger charge is 2.25. The lowest BCUT2D eigenvalue weighted by Gasteiger charge is -2.19. The third-order valence-electron chi connectivity index (χ3n) is 4.96. The molecule has 1 atom stereocenters. The minimum Gasteiger partial charge on any atom is -0.492 e. The van der Waals surface area contributed by atoms with Crippen LogP contribution in [-0.2, 0) is 26.0 Å². The van der Waals surface area contributed by atoms with Gasteiger partial charge in [-0.1, -0.05) is 18.2 Å². The molecule has 2 N–H and O–H groups in total. The molecule has 0 saturated heterocycles. The molecule has 9 nitrogen and oxygen atoms in total. The van der Waals surface area contributed by atoms with Crippen LogP contribution < -0.4 is 14.4 Å². The molecule has 0 aliphatic rings. The summed E-state index contributed by atoms with van der Waals surface area (Å²) in [5.74, 6) is -1.19. The number of sulfonamides is 1. The quantitative estimate of drug-likeness (QED) is 0.408. The topological polar surface area (TPSA) is 126 Å². The number of pyridine rings is 1. The van der Waals surface area contributed by atoms with Gasteiger partial charge in [0.1, 0.15) is 16.9 Å². The fourth-order valence-electron chi connectivity index (χ4n) is 3.33. The number of nitrogens with one attached hydrogen (secondary N) is 1. The van der Waals surface area contributed by atoms with Crippen molar-refractivity contribution in [3.05, 3.63) is 60.3 Å². The highest BCUT2D eigenvalue weighted by Crippen LogP contribution is 2.29. The second-order valence-electron chi connectivity index (χ2n) is 7.57. The summed E-state index contributed by atoms with van der Waals surface area (Å²) in [5, 5.41) is 9.89. The van der Waals surface area contributed by atoms with Crippen molar-refractivity contribution in [3.63, 3.8) is 0 Å². The van der Waals surface area contributed by atoms with Crippen molar-refractivity contribution in [2.75, 3.05) is 25.6 Å². The fraction of sp³-hybridized carbons (Fsp3) is 0.261. The summed E-state index contributed by atoms with van der Waals surface area (Å²) < 4.78 is 33.9. The first-order chi connectivity index (χ1) is 15.7. The van der Waals surface area contributed by atoms with Gasteiger partial charge >= 0.3 is 5.97 Å².